The van der Waals surface area contributed by atoms with Crippen LogP contribution in [0.2, 0.25) is 0 Å². The fourth-order valence-corrected chi connectivity index (χ4v) is 3.07. The van der Waals surface area contributed by atoms with Crippen molar-refractivity contribution in [3.8, 4) is 0 Å². The Labute approximate surface area is 116 Å². The van der Waals surface area contributed by atoms with Crippen molar-refractivity contribution in [2.75, 3.05) is 7.11 Å². The molecule has 1 fully saturated rings. The maximum atomic E-state index is 11.4. The highest BCUT2D eigenvalue weighted by Crippen LogP contribution is 2.29. The minimum Gasteiger partial charge on any atom is -0.464 e. The lowest BCUT2D eigenvalue weighted by Gasteiger charge is -2.47. The Morgan fingerprint density at radius 3 is 2.16 bits per heavy atom. The van der Waals surface area contributed by atoms with Crippen molar-refractivity contribution in [3.63, 3.8) is 0 Å². The van der Waals surface area contributed by atoms with Gasteiger partial charge in [0, 0.05) is 22.8 Å². The summed E-state index contributed by atoms with van der Waals surface area (Å²) in [6.45, 7) is 10.6. The predicted molar refractivity (Wildman–Crippen MR) is 76.4 cm³/mol. The molecule has 4 N–H and O–H groups in total. The van der Waals surface area contributed by atoms with Crippen LogP contribution in [0.25, 0.3) is 0 Å². The molecule has 0 unspecified atom stereocenters. The number of carbonyl (C=O) groups is 1. The van der Waals surface area contributed by atoms with Crippen molar-refractivity contribution in [1.29, 1.82) is 0 Å². The van der Waals surface area contributed by atoms with Gasteiger partial charge in [-0.1, -0.05) is 0 Å². The molecule has 1 saturated heterocycles. The average molecular weight is 269 g/mol. The van der Waals surface area contributed by atoms with Gasteiger partial charge in [0.2, 0.25) is 0 Å². The number of hydrogen-bond donors (Lipinski definition) is 3. The van der Waals surface area contributed by atoms with Crippen LogP contribution in [-0.2, 0) is 9.53 Å². The molecule has 0 saturated carbocycles. The lowest BCUT2D eigenvalue weighted by molar-refractivity contribution is -0.136. The monoisotopic (exact) mass is 269 g/mol. The summed E-state index contributed by atoms with van der Waals surface area (Å²) in [6, 6.07) is 0.287. The Morgan fingerprint density at radius 1 is 1.26 bits per heavy atom. The molecule has 0 amide bonds. The first kappa shape index (κ1) is 15.8. The SMILES string of the molecule is COC(=O)C(N)=C(C)NC1CC(C)(C)NC(C)(C)C1. The summed E-state index contributed by atoms with van der Waals surface area (Å²) in [5.41, 5.74) is 6.70. The van der Waals surface area contributed by atoms with Crippen molar-refractivity contribution in [2.24, 2.45) is 5.73 Å². The molecule has 5 nitrogen and oxygen atoms in total. The molecule has 0 aromatic heterocycles. The molecule has 1 aliphatic rings. The second-order valence-corrected chi connectivity index (χ2v) is 6.67. The van der Waals surface area contributed by atoms with Gasteiger partial charge in [-0.2, -0.15) is 0 Å². The lowest BCUT2D eigenvalue weighted by Crippen LogP contribution is -2.61. The second-order valence-electron chi connectivity index (χ2n) is 6.67. The van der Waals surface area contributed by atoms with Crippen molar-refractivity contribution in [1.82, 2.24) is 10.6 Å². The average Bonchev–Trinajstić information content (AvgIpc) is 2.22. The zero-order chi connectivity index (χ0) is 14.8. The van der Waals surface area contributed by atoms with Gasteiger partial charge in [-0.25, -0.2) is 4.79 Å². The molecule has 0 aliphatic carbocycles. The number of hydrogen-bond acceptors (Lipinski definition) is 5. The van der Waals surface area contributed by atoms with E-state index in [1.165, 1.54) is 7.11 Å². The van der Waals surface area contributed by atoms with Crippen LogP contribution in [0.3, 0.4) is 0 Å². The molecule has 110 valence electrons. The van der Waals surface area contributed by atoms with Crippen molar-refractivity contribution < 1.29 is 9.53 Å². The van der Waals surface area contributed by atoms with E-state index in [1.54, 1.807) is 0 Å². The van der Waals surface area contributed by atoms with Gasteiger partial charge in [0.05, 0.1) is 7.11 Å². The summed E-state index contributed by atoms with van der Waals surface area (Å²) in [4.78, 5) is 11.4. The topological polar surface area (TPSA) is 76.4 Å². The van der Waals surface area contributed by atoms with Crippen LogP contribution in [0.1, 0.15) is 47.5 Å². The Morgan fingerprint density at radius 2 is 1.74 bits per heavy atom. The van der Waals surface area contributed by atoms with Gasteiger partial charge >= 0.3 is 5.97 Å². The highest BCUT2D eigenvalue weighted by molar-refractivity contribution is 5.87. The molecule has 0 aromatic rings. The Balaban J connectivity index is 2.79. The molecular weight excluding hydrogens is 242 g/mol. The van der Waals surface area contributed by atoms with Crippen LogP contribution >= 0.6 is 0 Å². The van der Waals surface area contributed by atoms with Crippen LogP contribution in [-0.4, -0.2) is 30.2 Å². The quantitative estimate of drug-likeness (QED) is 0.531. The number of allylic oxidation sites excluding steroid dienone is 1. The van der Waals surface area contributed by atoms with Gasteiger partial charge < -0.3 is 21.1 Å². The number of ether oxygens (including phenoxy) is 1. The summed E-state index contributed by atoms with van der Waals surface area (Å²) in [5.74, 6) is -0.488. The summed E-state index contributed by atoms with van der Waals surface area (Å²) in [7, 11) is 1.33. The van der Waals surface area contributed by atoms with Crippen LogP contribution in [0, 0.1) is 0 Å². The zero-order valence-electron chi connectivity index (χ0n) is 12.9. The van der Waals surface area contributed by atoms with E-state index in [2.05, 4.69) is 43.1 Å². The second kappa shape index (κ2) is 5.41. The fourth-order valence-electron chi connectivity index (χ4n) is 3.07. The van der Waals surface area contributed by atoms with Gasteiger partial charge in [0.1, 0.15) is 5.70 Å². The molecule has 5 heteroatoms. The number of nitrogens with one attached hydrogen (secondary N) is 2. The molecule has 0 spiro atoms. The number of methoxy groups -OCH3 is 1. The molecule has 0 atom stereocenters. The summed E-state index contributed by atoms with van der Waals surface area (Å²) in [5, 5.41) is 6.98. The summed E-state index contributed by atoms with van der Waals surface area (Å²) < 4.78 is 4.63. The van der Waals surface area contributed by atoms with Gasteiger partial charge in [-0.3, -0.25) is 0 Å². The molecule has 0 aromatic carbocycles. The maximum absolute atomic E-state index is 11.4. The molecule has 1 aliphatic heterocycles. The van der Waals surface area contributed by atoms with Crippen molar-refractivity contribution in [2.45, 2.75) is 64.6 Å². The van der Waals surface area contributed by atoms with Gasteiger partial charge in [-0.15, -0.1) is 0 Å². The van der Waals surface area contributed by atoms with E-state index in [4.69, 9.17) is 5.73 Å². The molecule has 19 heavy (non-hydrogen) atoms. The number of esters is 1. The van der Waals surface area contributed by atoms with E-state index in [1.807, 2.05) is 6.92 Å². The van der Waals surface area contributed by atoms with Gasteiger partial charge in [0.15, 0.2) is 0 Å². The zero-order valence-corrected chi connectivity index (χ0v) is 12.9. The van der Waals surface area contributed by atoms with Crippen LogP contribution in [0.15, 0.2) is 11.4 Å². The first-order chi connectivity index (χ1) is 8.56. The third-order valence-corrected chi connectivity index (χ3v) is 3.42. The molecule has 0 bridgehead atoms. The van der Waals surface area contributed by atoms with Crippen LogP contribution < -0.4 is 16.4 Å². The Hall–Kier alpha value is -1.23. The Bertz CT molecular complexity index is 370. The summed E-state index contributed by atoms with van der Waals surface area (Å²) >= 11 is 0. The lowest BCUT2D eigenvalue weighted by atomic mass is 9.79. The largest absolute Gasteiger partial charge is 0.464 e. The van der Waals surface area contributed by atoms with Gasteiger partial charge in [-0.05, 0) is 47.5 Å². The Kier molecular flexibility index (Phi) is 4.50. The molecular formula is C14H27N3O2. The standard InChI is InChI=1S/C14H27N3O2/c1-9(11(15)12(18)19-6)16-10-7-13(2,3)17-14(4,5)8-10/h10,16-17H,7-8,15H2,1-6H3. The molecule has 0 radical (unpaired) electrons. The highest BCUT2D eigenvalue weighted by atomic mass is 16.5. The minimum atomic E-state index is -0.488. The number of piperidine rings is 1. The van der Waals surface area contributed by atoms with Crippen molar-refractivity contribution >= 4 is 5.97 Å². The highest BCUT2D eigenvalue weighted by Gasteiger charge is 2.37. The smallest absolute Gasteiger partial charge is 0.355 e. The first-order valence-electron chi connectivity index (χ1n) is 6.67. The molecule has 1 heterocycles. The minimum absolute atomic E-state index is 0.0553. The predicted octanol–water partition coefficient (Wildman–Crippen LogP) is 1.25. The van der Waals surface area contributed by atoms with Crippen LogP contribution in [0.5, 0.6) is 0 Å². The fraction of sp³-hybridized carbons (Fsp3) is 0.786. The van der Waals surface area contributed by atoms with E-state index in [9.17, 15) is 4.79 Å². The van der Waals surface area contributed by atoms with Gasteiger partial charge in [0.25, 0.3) is 0 Å². The van der Waals surface area contributed by atoms with E-state index in [-0.39, 0.29) is 22.8 Å². The summed E-state index contributed by atoms with van der Waals surface area (Å²) in [6.07, 6.45) is 1.95. The number of carbonyl (C=O) groups excluding carboxylic acids is 1. The van der Waals surface area contributed by atoms with E-state index in [0.717, 1.165) is 12.8 Å². The number of rotatable bonds is 3. The number of nitrogens with two attached hydrogens (primary N) is 1. The maximum Gasteiger partial charge on any atom is 0.355 e. The van der Waals surface area contributed by atoms with E-state index >= 15 is 0 Å². The molecule has 1 rings (SSSR count). The van der Waals surface area contributed by atoms with E-state index < -0.39 is 5.97 Å². The van der Waals surface area contributed by atoms with Crippen LogP contribution in [0.4, 0.5) is 0 Å². The third kappa shape index (κ3) is 4.42. The third-order valence-electron chi connectivity index (χ3n) is 3.42. The first-order valence-corrected chi connectivity index (χ1v) is 6.67. The van der Waals surface area contributed by atoms with E-state index in [0.29, 0.717) is 5.70 Å². The van der Waals surface area contributed by atoms with Crippen molar-refractivity contribution in [3.05, 3.63) is 11.4 Å². The normalized spacial score (nSPS) is 23.5.